The standard InChI is InChI=1S/C9H11NS2/c1-3-4-5-11-6-9-8(2)10-7-12-9/h7H,5-6H2,1-2H3. The molecule has 64 valence electrons. The first-order valence-electron chi connectivity index (χ1n) is 3.71. The molecule has 0 aliphatic rings. The molecule has 0 amide bonds. The smallest absolute Gasteiger partial charge is 0.0797 e. The van der Waals surface area contributed by atoms with Crippen LogP contribution in [-0.4, -0.2) is 10.7 Å². The van der Waals surface area contributed by atoms with Gasteiger partial charge in [0.05, 0.1) is 17.0 Å². The maximum absolute atomic E-state index is 4.18. The highest BCUT2D eigenvalue weighted by Gasteiger charge is 1.99. The Morgan fingerprint density at radius 1 is 1.67 bits per heavy atom. The van der Waals surface area contributed by atoms with Crippen LogP contribution in [0.4, 0.5) is 0 Å². The van der Waals surface area contributed by atoms with Crippen LogP contribution < -0.4 is 0 Å². The maximum Gasteiger partial charge on any atom is 0.0797 e. The van der Waals surface area contributed by atoms with Gasteiger partial charge in [0.2, 0.25) is 0 Å². The van der Waals surface area contributed by atoms with Crippen LogP contribution in [0.5, 0.6) is 0 Å². The van der Waals surface area contributed by atoms with E-state index < -0.39 is 0 Å². The second-order valence-corrected chi connectivity index (χ2v) is 4.21. The molecule has 0 spiro atoms. The van der Waals surface area contributed by atoms with Crippen molar-refractivity contribution in [1.29, 1.82) is 0 Å². The largest absolute Gasteiger partial charge is 0.250 e. The molecule has 1 aromatic heterocycles. The first-order valence-corrected chi connectivity index (χ1v) is 5.74. The Morgan fingerprint density at radius 2 is 2.50 bits per heavy atom. The van der Waals surface area contributed by atoms with Crippen molar-refractivity contribution in [2.75, 3.05) is 5.75 Å². The summed E-state index contributed by atoms with van der Waals surface area (Å²) in [4.78, 5) is 5.56. The van der Waals surface area contributed by atoms with Crippen LogP contribution in [0.2, 0.25) is 0 Å². The van der Waals surface area contributed by atoms with E-state index in [2.05, 4.69) is 23.7 Å². The second kappa shape index (κ2) is 5.23. The average molecular weight is 197 g/mol. The number of hydrogen-bond acceptors (Lipinski definition) is 3. The van der Waals surface area contributed by atoms with Gasteiger partial charge in [-0.25, -0.2) is 4.98 Å². The van der Waals surface area contributed by atoms with Gasteiger partial charge in [-0.05, 0) is 13.8 Å². The van der Waals surface area contributed by atoms with Crippen LogP contribution in [0, 0.1) is 18.8 Å². The fourth-order valence-corrected chi connectivity index (χ4v) is 2.56. The van der Waals surface area contributed by atoms with Crippen LogP contribution in [-0.2, 0) is 5.75 Å². The lowest BCUT2D eigenvalue weighted by atomic mass is 10.4. The number of thioether (sulfide) groups is 1. The minimum absolute atomic E-state index is 0.924. The minimum Gasteiger partial charge on any atom is -0.250 e. The van der Waals surface area contributed by atoms with Gasteiger partial charge >= 0.3 is 0 Å². The monoisotopic (exact) mass is 197 g/mol. The van der Waals surface area contributed by atoms with Gasteiger partial charge in [0.1, 0.15) is 0 Å². The summed E-state index contributed by atoms with van der Waals surface area (Å²) in [5.41, 5.74) is 3.06. The molecule has 0 aliphatic carbocycles. The molecule has 1 nitrogen and oxygen atoms in total. The van der Waals surface area contributed by atoms with E-state index in [1.807, 2.05) is 24.2 Å². The van der Waals surface area contributed by atoms with Crippen molar-refractivity contribution in [3.05, 3.63) is 16.1 Å². The Labute approximate surface area is 81.6 Å². The summed E-state index contributed by atoms with van der Waals surface area (Å²) in [6.45, 7) is 3.93. The van der Waals surface area contributed by atoms with Crippen LogP contribution >= 0.6 is 23.1 Å². The zero-order valence-corrected chi connectivity index (χ0v) is 8.89. The van der Waals surface area contributed by atoms with E-state index in [-0.39, 0.29) is 0 Å². The molecular formula is C9H11NS2. The molecule has 0 aromatic carbocycles. The van der Waals surface area contributed by atoms with Crippen molar-refractivity contribution < 1.29 is 0 Å². The third kappa shape index (κ3) is 2.88. The van der Waals surface area contributed by atoms with Crippen molar-refractivity contribution in [2.24, 2.45) is 0 Å². The highest BCUT2D eigenvalue weighted by atomic mass is 32.2. The molecule has 1 heterocycles. The molecular weight excluding hydrogens is 186 g/mol. The van der Waals surface area contributed by atoms with Crippen LogP contribution in [0.15, 0.2) is 5.51 Å². The number of nitrogens with zero attached hydrogens (tertiary/aromatic N) is 1. The van der Waals surface area contributed by atoms with Crippen molar-refractivity contribution in [1.82, 2.24) is 4.98 Å². The highest BCUT2D eigenvalue weighted by molar-refractivity contribution is 7.98. The SMILES string of the molecule is CC#CCSCc1scnc1C. The summed E-state index contributed by atoms with van der Waals surface area (Å²) < 4.78 is 0. The van der Waals surface area contributed by atoms with Gasteiger partial charge in [0.15, 0.2) is 0 Å². The minimum atomic E-state index is 0.924. The first kappa shape index (κ1) is 9.63. The lowest BCUT2D eigenvalue weighted by molar-refractivity contribution is 1.22. The molecule has 3 heteroatoms. The lowest BCUT2D eigenvalue weighted by Gasteiger charge is -1.94. The molecule has 0 aliphatic heterocycles. The summed E-state index contributed by atoms with van der Waals surface area (Å²) in [5, 5.41) is 0. The predicted octanol–water partition coefficient (Wildman–Crippen LogP) is 2.71. The Bertz CT molecular complexity index is 293. The number of hydrogen-bond donors (Lipinski definition) is 0. The summed E-state index contributed by atoms with van der Waals surface area (Å²) in [6.07, 6.45) is 0. The highest BCUT2D eigenvalue weighted by Crippen LogP contribution is 2.18. The van der Waals surface area contributed by atoms with E-state index >= 15 is 0 Å². The molecule has 0 saturated heterocycles. The average Bonchev–Trinajstić information content (AvgIpc) is 2.46. The van der Waals surface area contributed by atoms with Crippen molar-refractivity contribution >= 4 is 23.1 Å². The molecule has 0 saturated carbocycles. The Balaban J connectivity index is 2.32. The summed E-state index contributed by atoms with van der Waals surface area (Å²) in [6, 6.07) is 0. The van der Waals surface area contributed by atoms with E-state index in [0.29, 0.717) is 0 Å². The Morgan fingerprint density at radius 3 is 3.08 bits per heavy atom. The number of aromatic nitrogens is 1. The predicted molar refractivity (Wildman–Crippen MR) is 56.5 cm³/mol. The number of thiazole rings is 1. The lowest BCUT2D eigenvalue weighted by Crippen LogP contribution is -1.80. The summed E-state index contributed by atoms with van der Waals surface area (Å²) >= 11 is 3.57. The van der Waals surface area contributed by atoms with Crippen molar-refractivity contribution in [2.45, 2.75) is 19.6 Å². The van der Waals surface area contributed by atoms with Gasteiger partial charge in [0, 0.05) is 10.6 Å². The molecule has 1 aromatic rings. The maximum atomic E-state index is 4.18. The van der Waals surface area contributed by atoms with Crippen molar-refractivity contribution in [3.63, 3.8) is 0 Å². The van der Waals surface area contributed by atoms with Crippen LogP contribution in [0.25, 0.3) is 0 Å². The van der Waals surface area contributed by atoms with E-state index in [1.54, 1.807) is 11.3 Å². The molecule has 0 radical (unpaired) electrons. The molecule has 0 N–H and O–H groups in total. The third-order valence-electron chi connectivity index (χ3n) is 1.43. The van der Waals surface area contributed by atoms with E-state index in [4.69, 9.17) is 0 Å². The van der Waals surface area contributed by atoms with Gasteiger partial charge in [-0.15, -0.1) is 29.0 Å². The molecule has 12 heavy (non-hydrogen) atoms. The van der Waals surface area contributed by atoms with Gasteiger partial charge in [-0.3, -0.25) is 0 Å². The van der Waals surface area contributed by atoms with Crippen molar-refractivity contribution in [3.8, 4) is 11.8 Å². The number of rotatable bonds is 3. The quantitative estimate of drug-likeness (QED) is 0.546. The van der Waals surface area contributed by atoms with Crippen LogP contribution in [0.3, 0.4) is 0 Å². The fourth-order valence-electron chi connectivity index (χ4n) is 0.732. The summed E-state index contributed by atoms with van der Waals surface area (Å²) in [7, 11) is 0. The van der Waals surface area contributed by atoms with Crippen LogP contribution in [0.1, 0.15) is 17.5 Å². The topological polar surface area (TPSA) is 12.9 Å². The Kier molecular flexibility index (Phi) is 4.20. The molecule has 1 rings (SSSR count). The molecule has 0 atom stereocenters. The zero-order chi connectivity index (χ0) is 8.81. The normalized spacial score (nSPS) is 9.17. The molecule has 0 unspecified atom stereocenters. The number of aryl methyl sites for hydroxylation is 1. The Hall–Kier alpha value is -0.460. The fraction of sp³-hybridized carbons (Fsp3) is 0.444. The van der Waals surface area contributed by atoms with E-state index in [1.165, 1.54) is 4.88 Å². The first-order chi connectivity index (χ1) is 5.84. The van der Waals surface area contributed by atoms with Gasteiger partial charge in [0.25, 0.3) is 0 Å². The van der Waals surface area contributed by atoms with Gasteiger partial charge in [-0.1, -0.05) is 5.92 Å². The third-order valence-corrected chi connectivity index (χ3v) is 3.39. The second-order valence-electron chi connectivity index (χ2n) is 2.28. The van der Waals surface area contributed by atoms with E-state index in [9.17, 15) is 0 Å². The molecule has 0 fully saturated rings. The van der Waals surface area contributed by atoms with Gasteiger partial charge < -0.3 is 0 Å². The zero-order valence-electron chi connectivity index (χ0n) is 7.26. The summed E-state index contributed by atoms with van der Waals surface area (Å²) in [5.74, 6) is 7.88. The van der Waals surface area contributed by atoms with Gasteiger partial charge in [-0.2, -0.15) is 0 Å². The molecule has 0 bridgehead atoms. The van der Waals surface area contributed by atoms with E-state index in [0.717, 1.165) is 17.2 Å².